The van der Waals surface area contributed by atoms with E-state index in [4.69, 9.17) is 4.74 Å². The molecule has 1 atom stereocenters. The molecule has 1 aromatic heterocycles. The van der Waals surface area contributed by atoms with Crippen LogP contribution < -0.4 is 0 Å². The minimum absolute atomic E-state index is 0.590. The topological polar surface area (TPSA) is 14.2 Å². The molecule has 1 rings (SSSR count). The van der Waals surface area contributed by atoms with E-state index in [1.54, 1.807) is 7.11 Å². The molecule has 0 bridgehead atoms. The second-order valence-electron chi connectivity index (χ2n) is 2.94. The minimum Gasteiger partial charge on any atom is -0.384 e. The first-order valence-corrected chi connectivity index (χ1v) is 3.92. The molecule has 1 heterocycles. The van der Waals surface area contributed by atoms with Crippen molar-refractivity contribution in [3.05, 3.63) is 24.5 Å². The first-order valence-electron chi connectivity index (χ1n) is 3.92. The highest BCUT2D eigenvalue weighted by Gasteiger charge is 2.00. The van der Waals surface area contributed by atoms with Crippen molar-refractivity contribution in [1.29, 1.82) is 0 Å². The van der Waals surface area contributed by atoms with Crippen LogP contribution in [-0.2, 0) is 11.3 Å². The molecule has 0 fully saturated rings. The van der Waals surface area contributed by atoms with Gasteiger partial charge in [0.2, 0.25) is 0 Å². The molecule has 2 heteroatoms. The maximum atomic E-state index is 5.04. The molecular weight excluding hydrogens is 138 g/mol. The van der Waals surface area contributed by atoms with Gasteiger partial charge in [0.15, 0.2) is 0 Å². The van der Waals surface area contributed by atoms with Crippen LogP contribution in [0.15, 0.2) is 24.5 Å². The van der Waals surface area contributed by atoms with Gasteiger partial charge in [0, 0.05) is 26.0 Å². The van der Waals surface area contributed by atoms with E-state index in [1.165, 1.54) is 0 Å². The van der Waals surface area contributed by atoms with Crippen LogP contribution in [0.5, 0.6) is 0 Å². The lowest BCUT2D eigenvalue weighted by atomic mass is 10.2. The maximum absolute atomic E-state index is 5.04. The van der Waals surface area contributed by atoms with E-state index in [-0.39, 0.29) is 0 Å². The summed E-state index contributed by atoms with van der Waals surface area (Å²) in [4.78, 5) is 0. The van der Waals surface area contributed by atoms with Crippen LogP contribution in [0.1, 0.15) is 6.92 Å². The number of methoxy groups -OCH3 is 1. The Bertz CT molecular complexity index is 181. The lowest BCUT2D eigenvalue weighted by Crippen LogP contribution is -2.10. The third-order valence-electron chi connectivity index (χ3n) is 1.64. The van der Waals surface area contributed by atoms with Gasteiger partial charge in [-0.3, -0.25) is 0 Å². The standard InChI is InChI=1S/C9H15NO/c1-9(8-11-2)7-10-5-3-4-6-10/h3-6,9H,7-8H2,1-2H3. The van der Waals surface area contributed by atoms with Crippen molar-refractivity contribution < 1.29 is 4.74 Å². The summed E-state index contributed by atoms with van der Waals surface area (Å²) in [6.07, 6.45) is 4.15. The first kappa shape index (κ1) is 8.34. The molecule has 0 saturated carbocycles. The molecule has 0 aliphatic heterocycles. The lowest BCUT2D eigenvalue weighted by Gasteiger charge is -2.10. The quantitative estimate of drug-likeness (QED) is 0.643. The van der Waals surface area contributed by atoms with Crippen molar-refractivity contribution in [2.45, 2.75) is 13.5 Å². The molecule has 0 saturated heterocycles. The van der Waals surface area contributed by atoms with Gasteiger partial charge >= 0.3 is 0 Å². The van der Waals surface area contributed by atoms with Crippen molar-refractivity contribution in [2.24, 2.45) is 5.92 Å². The summed E-state index contributed by atoms with van der Waals surface area (Å²) in [6, 6.07) is 4.08. The normalized spacial score (nSPS) is 13.3. The molecule has 0 radical (unpaired) electrons. The molecule has 0 aliphatic rings. The lowest BCUT2D eigenvalue weighted by molar-refractivity contribution is 0.151. The number of nitrogens with zero attached hydrogens (tertiary/aromatic N) is 1. The highest BCUT2D eigenvalue weighted by molar-refractivity contribution is 4.90. The van der Waals surface area contributed by atoms with Gasteiger partial charge in [-0.25, -0.2) is 0 Å². The number of aromatic nitrogens is 1. The van der Waals surface area contributed by atoms with Crippen LogP contribution >= 0.6 is 0 Å². The molecule has 0 amide bonds. The molecule has 0 spiro atoms. The van der Waals surface area contributed by atoms with E-state index < -0.39 is 0 Å². The van der Waals surface area contributed by atoms with Crippen LogP contribution in [0.4, 0.5) is 0 Å². The Balaban J connectivity index is 2.31. The predicted molar refractivity (Wildman–Crippen MR) is 45.5 cm³/mol. The predicted octanol–water partition coefficient (Wildman–Crippen LogP) is 1.77. The Morgan fingerprint density at radius 3 is 2.55 bits per heavy atom. The molecule has 1 aromatic rings. The minimum atomic E-state index is 0.590. The van der Waals surface area contributed by atoms with Gasteiger partial charge in [-0.15, -0.1) is 0 Å². The monoisotopic (exact) mass is 153 g/mol. The largest absolute Gasteiger partial charge is 0.384 e. The van der Waals surface area contributed by atoms with E-state index in [2.05, 4.69) is 23.9 Å². The van der Waals surface area contributed by atoms with Gasteiger partial charge in [-0.1, -0.05) is 6.92 Å². The Labute approximate surface area is 67.8 Å². The fourth-order valence-electron chi connectivity index (χ4n) is 1.19. The average Bonchev–Trinajstić information content (AvgIpc) is 2.40. The second kappa shape index (κ2) is 4.19. The Morgan fingerprint density at radius 2 is 2.00 bits per heavy atom. The van der Waals surface area contributed by atoms with Crippen LogP contribution in [0.2, 0.25) is 0 Å². The second-order valence-corrected chi connectivity index (χ2v) is 2.94. The summed E-state index contributed by atoms with van der Waals surface area (Å²) in [5.41, 5.74) is 0. The SMILES string of the molecule is COCC(C)Cn1cccc1. The summed E-state index contributed by atoms with van der Waals surface area (Å²) >= 11 is 0. The molecular formula is C9H15NO. The smallest absolute Gasteiger partial charge is 0.0504 e. The Hall–Kier alpha value is -0.760. The summed E-state index contributed by atoms with van der Waals surface area (Å²) in [6.45, 7) is 4.06. The van der Waals surface area contributed by atoms with Crippen molar-refractivity contribution in [2.75, 3.05) is 13.7 Å². The summed E-state index contributed by atoms with van der Waals surface area (Å²) in [7, 11) is 1.74. The fourth-order valence-corrected chi connectivity index (χ4v) is 1.19. The molecule has 0 aliphatic carbocycles. The summed E-state index contributed by atoms with van der Waals surface area (Å²) in [5.74, 6) is 0.590. The molecule has 2 nitrogen and oxygen atoms in total. The van der Waals surface area contributed by atoms with Crippen LogP contribution in [0, 0.1) is 5.92 Å². The van der Waals surface area contributed by atoms with Crippen LogP contribution in [0.3, 0.4) is 0 Å². The van der Waals surface area contributed by atoms with Gasteiger partial charge in [0.25, 0.3) is 0 Å². The van der Waals surface area contributed by atoms with E-state index in [1.807, 2.05) is 12.1 Å². The van der Waals surface area contributed by atoms with Gasteiger partial charge < -0.3 is 9.30 Å². The zero-order chi connectivity index (χ0) is 8.10. The van der Waals surface area contributed by atoms with E-state index in [0.717, 1.165) is 13.2 Å². The van der Waals surface area contributed by atoms with Crippen LogP contribution in [-0.4, -0.2) is 18.3 Å². The highest BCUT2D eigenvalue weighted by atomic mass is 16.5. The Morgan fingerprint density at radius 1 is 1.36 bits per heavy atom. The molecule has 62 valence electrons. The Kier molecular flexibility index (Phi) is 3.17. The average molecular weight is 153 g/mol. The van der Waals surface area contributed by atoms with Crippen molar-refractivity contribution in [3.63, 3.8) is 0 Å². The molecule has 0 N–H and O–H groups in total. The van der Waals surface area contributed by atoms with E-state index >= 15 is 0 Å². The zero-order valence-corrected chi connectivity index (χ0v) is 7.16. The van der Waals surface area contributed by atoms with Gasteiger partial charge in [-0.05, 0) is 18.1 Å². The van der Waals surface area contributed by atoms with Crippen molar-refractivity contribution in [3.8, 4) is 0 Å². The first-order chi connectivity index (χ1) is 5.33. The molecule has 11 heavy (non-hydrogen) atoms. The number of hydrogen-bond donors (Lipinski definition) is 0. The zero-order valence-electron chi connectivity index (χ0n) is 7.16. The molecule has 0 aromatic carbocycles. The maximum Gasteiger partial charge on any atom is 0.0504 e. The van der Waals surface area contributed by atoms with Crippen molar-refractivity contribution >= 4 is 0 Å². The fraction of sp³-hybridized carbons (Fsp3) is 0.556. The third-order valence-corrected chi connectivity index (χ3v) is 1.64. The van der Waals surface area contributed by atoms with E-state index in [0.29, 0.717) is 5.92 Å². The van der Waals surface area contributed by atoms with Gasteiger partial charge in [-0.2, -0.15) is 0 Å². The highest BCUT2D eigenvalue weighted by Crippen LogP contribution is 2.00. The summed E-state index contributed by atoms with van der Waals surface area (Å²) < 4.78 is 7.21. The molecule has 1 unspecified atom stereocenters. The van der Waals surface area contributed by atoms with E-state index in [9.17, 15) is 0 Å². The number of rotatable bonds is 4. The summed E-state index contributed by atoms with van der Waals surface area (Å²) in [5, 5.41) is 0. The van der Waals surface area contributed by atoms with Gasteiger partial charge in [0.05, 0.1) is 6.61 Å². The number of hydrogen-bond acceptors (Lipinski definition) is 1. The van der Waals surface area contributed by atoms with Crippen molar-refractivity contribution in [1.82, 2.24) is 4.57 Å². The van der Waals surface area contributed by atoms with Crippen LogP contribution in [0.25, 0.3) is 0 Å². The van der Waals surface area contributed by atoms with Gasteiger partial charge in [0.1, 0.15) is 0 Å². The number of ether oxygens (including phenoxy) is 1. The third kappa shape index (κ3) is 2.76.